The third-order valence-electron chi connectivity index (χ3n) is 4.61. The van der Waals surface area contributed by atoms with Gasteiger partial charge >= 0.3 is 0 Å². The smallest absolute Gasteiger partial charge is 0.259 e. The summed E-state index contributed by atoms with van der Waals surface area (Å²) in [5.41, 5.74) is 1.73. The molecule has 1 aromatic carbocycles. The maximum absolute atomic E-state index is 13.7. The lowest BCUT2D eigenvalue weighted by molar-refractivity contribution is 0.102. The highest BCUT2D eigenvalue weighted by molar-refractivity contribution is 6.04. The van der Waals surface area contributed by atoms with Crippen LogP contribution in [0.3, 0.4) is 0 Å². The minimum absolute atomic E-state index is 0. The lowest BCUT2D eigenvalue weighted by Crippen LogP contribution is -2.29. The minimum atomic E-state index is -0.900. The molecule has 0 aliphatic heterocycles. The molecule has 1 unspecified atom stereocenters. The van der Waals surface area contributed by atoms with Crippen molar-refractivity contribution in [3.8, 4) is 0 Å². The summed E-state index contributed by atoms with van der Waals surface area (Å²) in [6.07, 6.45) is 5.11. The molecule has 28 heavy (non-hydrogen) atoms. The second-order valence-corrected chi connectivity index (χ2v) is 6.61. The number of nitrogens with one attached hydrogen (secondary N) is 1. The predicted molar refractivity (Wildman–Crippen MR) is 112 cm³/mol. The first-order valence-electron chi connectivity index (χ1n) is 8.53. The van der Waals surface area contributed by atoms with E-state index in [4.69, 9.17) is 0 Å². The Balaban J connectivity index is 0.00000196. The number of amides is 1. The minimum Gasteiger partial charge on any atom is -0.306 e. The van der Waals surface area contributed by atoms with Gasteiger partial charge < -0.3 is 10.2 Å². The zero-order valence-electron chi connectivity index (χ0n) is 15.6. The SMILES string of the molecule is CN(C)C1CC=C(c2cccc(NC(=O)c3ccc(F)cc3F)n2)CC1.Cl.Cl. The molecule has 3 rings (SSSR count). The molecule has 8 heteroatoms. The van der Waals surface area contributed by atoms with E-state index in [0.29, 0.717) is 17.9 Å². The van der Waals surface area contributed by atoms with E-state index in [1.807, 2.05) is 6.07 Å². The van der Waals surface area contributed by atoms with E-state index in [0.717, 1.165) is 42.7 Å². The molecule has 1 aliphatic rings. The fraction of sp³-hybridized carbons (Fsp3) is 0.300. The third kappa shape index (κ3) is 5.74. The molecule has 1 atom stereocenters. The van der Waals surface area contributed by atoms with Gasteiger partial charge in [-0.2, -0.15) is 0 Å². The van der Waals surface area contributed by atoms with Gasteiger partial charge in [-0.1, -0.05) is 12.1 Å². The molecule has 1 aromatic heterocycles. The van der Waals surface area contributed by atoms with E-state index in [9.17, 15) is 13.6 Å². The van der Waals surface area contributed by atoms with Crippen molar-refractivity contribution < 1.29 is 13.6 Å². The average molecular weight is 430 g/mol. The van der Waals surface area contributed by atoms with Gasteiger partial charge in [0.2, 0.25) is 0 Å². The van der Waals surface area contributed by atoms with Crippen LogP contribution in [0.4, 0.5) is 14.6 Å². The second-order valence-electron chi connectivity index (χ2n) is 6.61. The number of hydrogen-bond acceptors (Lipinski definition) is 3. The van der Waals surface area contributed by atoms with Crippen molar-refractivity contribution in [2.24, 2.45) is 0 Å². The highest BCUT2D eigenvalue weighted by atomic mass is 35.5. The van der Waals surface area contributed by atoms with Gasteiger partial charge in [-0.25, -0.2) is 13.8 Å². The monoisotopic (exact) mass is 429 g/mol. The van der Waals surface area contributed by atoms with E-state index in [2.05, 4.69) is 35.4 Å². The molecule has 0 saturated heterocycles. The number of halogens is 4. The van der Waals surface area contributed by atoms with Crippen LogP contribution in [0.1, 0.15) is 35.3 Å². The number of rotatable bonds is 4. The summed E-state index contributed by atoms with van der Waals surface area (Å²) in [7, 11) is 4.15. The van der Waals surface area contributed by atoms with Crippen LogP contribution in [-0.2, 0) is 0 Å². The Morgan fingerprint density at radius 1 is 1.18 bits per heavy atom. The topological polar surface area (TPSA) is 45.2 Å². The van der Waals surface area contributed by atoms with Gasteiger partial charge in [-0.15, -0.1) is 24.8 Å². The van der Waals surface area contributed by atoms with Crippen LogP contribution in [-0.4, -0.2) is 35.9 Å². The van der Waals surface area contributed by atoms with E-state index in [1.54, 1.807) is 12.1 Å². The highest BCUT2D eigenvalue weighted by Crippen LogP contribution is 2.28. The predicted octanol–water partition coefficient (Wildman–Crippen LogP) is 4.95. The molecule has 0 radical (unpaired) electrons. The molecule has 1 amide bonds. The van der Waals surface area contributed by atoms with Gasteiger partial charge in [0.15, 0.2) is 0 Å². The Hall–Kier alpha value is -2.02. The largest absolute Gasteiger partial charge is 0.306 e. The molecule has 1 heterocycles. The zero-order valence-corrected chi connectivity index (χ0v) is 17.2. The number of pyridine rings is 1. The highest BCUT2D eigenvalue weighted by Gasteiger charge is 2.18. The van der Waals surface area contributed by atoms with Gasteiger partial charge in [0, 0.05) is 12.1 Å². The maximum atomic E-state index is 13.7. The van der Waals surface area contributed by atoms with Crippen LogP contribution in [0, 0.1) is 11.6 Å². The van der Waals surface area contributed by atoms with E-state index < -0.39 is 17.5 Å². The summed E-state index contributed by atoms with van der Waals surface area (Å²) in [4.78, 5) is 18.9. The van der Waals surface area contributed by atoms with Crippen molar-refractivity contribution in [1.29, 1.82) is 0 Å². The van der Waals surface area contributed by atoms with Gasteiger partial charge in [0.1, 0.15) is 17.5 Å². The fourth-order valence-corrected chi connectivity index (χ4v) is 3.06. The lowest BCUT2D eigenvalue weighted by Gasteiger charge is -2.27. The van der Waals surface area contributed by atoms with Crippen molar-refractivity contribution in [3.63, 3.8) is 0 Å². The summed E-state index contributed by atoms with van der Waals surface area (Å²) < 4.78 is 26.7. The molecule has 152 valence electrons. The first-order chi connectivity index (χ1) is 12.4. The van der Waals surface area contributed by atoms with Crippen LogP contribution < -0.4 is 5.32 Å². The molecule has 1 N–H and O–H groups in total. The number of anilines is 1. The summed E-state index contributed by atoms with van der Waals surface area (Å²) in [6, 6.07) is 8.74. The van der Waals surface area contributed by atoms with Crippen LogP contribution in [0.25, 0.3) is 5.57 Å². The van der Waals surface area contributed by atoms with Gasteiger partial charge in [-0.3, -0.25) is 4.79 Å². The first kappa shape index (κ1) is 24.0. The van der Waals surface area contributed by atoms with E-state index >= 15 is 0 Å². The number of nitrogens with zero attached hydrogens (tertiary/aromatic N) is 2. The number of carbonyl (C=O) groups is 1. The average Bonchev–Trinajstić information content (AvgIpc) is 2.62. The fourth-order valence-electron chi connectivity index (χ4n) is 3.06. The Morgan fingerprint density at radius 3 is 2.54 bits per heavy atom. The van der Waals surface area contributed by atoms with Crippen molar-refractivity contribution in [1.82, 2.24) is 9.88 Å². The normalized spacial score (nSPS) is 15.9. The Morgan fingerprint density at radius 2 is 1.93 bits per heavy atom. The molecular formula is C20H23Cl2F2N3O. The molecule has 0 fully saturated rings. The van der Waals surface area contributed by atoms with Crippen molar-refractivity contribution in [3.05, 3.63) is 65.4 Å². The number of hydrogen-bond donors (Lipinski definition) is 1. The van der Waals surface area contributed by atoms with Crippen LogP contribution in [0.15, 0.2) is 42.5 Å². The zero-order chi connectivity index (χ0) is 18.7. The Bertz CT molecular complexity index is 859. The Labute approximate surface area is 175 Å². The number of benzene rings is 1. The van der Waals surface area contributed by atoms with E-state index in [1.165, 1.54) is 0 Å². The van der Waals surface area contributed by atoms with Gasteiger partial charge in [0.05, 0.1) is 11.3 Å². The van der Waals surface area contributed by atoms with Crippen LogP contribution in [0.2, 0.25) is 0 Å². The number of aromatic nitrogens is 1. The van der Waals surface area contributed by atoms with E-state index in [-0.39, 0.29) is 30.4 Å². The Kier molecular flexibility index (Phi) is 9.01. The summed E-state index contributed by atoms with van der Waals surface area (Å²) in [6.45, 7) is 0. The molecule has 0 saturated carbocycles. The first-order valence-corrected chi connectivity index (χ1v) is 8.53. The molecule has 2 aromatic rings. The van der Waals surface area contributed by atoms with Crippen molar-refractivity contribution in [2.75, 3.05) is 19.4 Å². The molecule has 0 bridgehead atoms. The van der Waals surface area contributed by atoms with Crippen LogP contribution >= 0.6 is 24.8 Å². The maximum Gasteiger partial charge on any atom is 0.259 e. The summed E-state index contributed by atoms with van der Waals surface area (Å²) in [5.74, 6) is -1.94. The standard InChI is InChI=1S/C20H21F2N3O.2ClH/c1-25(2)15-9-6-13(7-10-15)18-4-3-5-19(23-18)24-20(26)16-11-8-14(21)12-17(16)22;;/h3-6,8,11-12,15H,7,9-10H2,1-2H3,(H,23,24,26);2*1H. The van der Waals surface area contributed by atoms with Crippen molar-refractivity contribution >= 4 is 42.1 Å². The van der Waals surface area contributed by atoms with Gasteiger partial charge in [0.25, 0.3) is 5.91 Å². The molecule has 4 nitrogen and oxygen atoms in total. The number of carbonyl (C=O) groups excluding carboxylic acids is 1. The summed E-state index contributed by atoms with van der Waals surface area (Å²) >= 11 is 0. The molecular weight excluding hydrogens is 407 g/mol. The molecule has 1 aliphatic carbocycles. The van der Waals surface area contributed by atoms with Crippen molar-refractivity contribution in [2.45, 2.75) is 25.3 Å². The summed E-state index contributed by atoms with van der Waals surface area (Å²) in [5, 5.41) is 2.58. The lowest BCUT2D eigenvalue weighted by atomic mass is 9.92. The quantitative estimate of drug-likeness (QED) is 0.747. The van der Waals surface area contributed by atoms with Gasteiger partial charge in [-0.05, 0) is 63.2 Å². The van der Waals surface area contributed by atoms with Crippen LogP contribution in [0.5, 0.6) is 0 Å². The third-order valence-corrected chi connectivity index (χ3v) is 4.61. The number of allylic oxidation sites excluding steroid dienone is 1. The second kappa shape index (κ2) is 10.5. The molecule has 0 spiro atoms.